The van der Waals surface area contributed by atoms with E-state index >= 15 is 0 Å². The van der Waals surface area contributed by atoms with Gasteiger partial charge in [0.25, 0.3) is 0 Å². The first kappa shape index (κ1) is 17.1. The predicted molar refractivity (Wildman–Crippen MR) is 67.2 cm³/mol. The van der Waals surface area contributed by atoms with E-state index in [1.165, 1.54) is 4.90 Å². The zero-order valence-corrected chi connectivity index (χ0v) is 12.3. The summed E-state index contributed by atoms with van der Waals surface area (Å²) in [5.74, 6) is -0.902. The van der Waals surface area contributed by atoms with Crippen LogP contribution in [0.1, 0.15) is 40.5 Å². The molecule has 0 radical (unpaired) electrons. The molecule has 0 saturated carbocycles. The van der Waals surface area contributed by atoms with Gasteiger partial charge in [-0.2, -0.15) is 13.2 Å². The molecule has 1 amide bonds. The van der Waals surface area contributed by atoms with Crippen LogP contribution in [0.15, 0.2) is 0 Å². The monoisotopic (exact) mass is 297 g/mol. The molecule has 0 spiro atoms. The summed E-state index contributed by atoms with van der Waals surface area (Å²) in [6.07, 6.45) is -4.98. The molecule has 1 saturated heterocycles. The van der Waals surface area contributed by atoms with Gasteiger partial charge in [0, 0.05) is 13.1 Å². The van der Waals surface area contributed by atoms with Gasteiger partial charge in [-0.25, -0.2) is 4.79 Å². The van der Waals surface area contributed by atoms with Gasteiger partial charge in [-0.1, -0.05) is 0 Å². The fraction of sp³-hybridized carbons (Fsp3) is 0.923. The van der Waals surface area contributed by atoms with Crippen LogP contribution < -0.4 is 0 Å². The third-order valence-electron chi connectivity index (χ3n) is 3.52. The van der Waals surface area contributed by atoms with Crippen molar-refractivity contribution in [1.29, 1.82) is 0 Å². The summed E-state index contributed by atoms with van der Waals surface area (Å²) < 4.78 is 43.4. The van der Waals surface area contributed by atoms with Crippen LogP contribution in [-0.2, 0) is 4.74 Å². The molecule has 1 aliphatic rings. The van der Waals surface area contributed by atoms with Crippen LogP contribution in [0.5, 0.6) is 0 Å². The Morgan fingerprint density at radius 2 is 1.60 bits per heavy atom. The Morgan fingerprint density at radius 1 is 1.15 bits per heavy atom. The Bertz CT molecular complexity index is 353. The Kier molecular flexibility index (Phi) is 4.63. The molecule has 0 bridgehead atoms. The van der Waals surface area contributed by atoms with E-state index in [4.69, 9.17) is 4.74 Å². The van der Waals surface area contributed by atoms with Crippen molar-refractivity contribution in [2.24, 2.45) is 5.92 Å². The van der Waals surface area contributed by atoms with Crippen LogP contribution in [-0.4, -0.2) is 46.6 Å². The number of amides is 1. The van der Waals surface area contributed by atoms with Crippen LogP contribution in [0.4, 0.5) is 18.0 Å². The summed E-state index contributed by atoms with van der Waals surface area (Å²) in [5.41, 5.74) is -3.35. The van der Waals surface area contributed by atoms with Crippen LogP contribution in [0.2, 0.25) is 0 Å². The number of hydrogen-bond acceptors (Lipinski definition) is 3. The minimum atomic E-state index is -4.66. The second kappa shape index (κ2) is 5.42. The van der Waals surface area contributed by atoms with Crippen molar-refractivity contribution in [3.63, 3.8) is 0 Å². The maximum atomic E-state index is 12.7. The molecule has 0 aliphatic carbocycles. The SMILES string of the molecule is CC(C)(C)OC(=O)N1CCC([C@@](C)(O)C(F)(F)F)CC1. The van der Waals surface area contributed by atoms with Crippen LogP contribution in [0, 0.1) is 5.92 Å². The first-order chi connectivity index (χ1) is 8.84. The van der Waals surface area contributed by atoms with E-state index in [0.29, 0.717) is 0 Å². The lowest BCUT2D eigenvalue weighted by Gasteiger charge is -2.40. The number of carbonyl (C=O) groups is 1. The summed E-state index contributed by atoms with van der Waals surface area (Å²) in [6.45, 7) is 6.29. The first-order valence-corrected chi connectivity index (χ1v) is 6.61. The minimum Gasteiger partial charge on any atom is -0.444 e. The van der Waals surface area contributed by atoms with Crippen molar-refractivity contribution in [3.05, 3.63) is 0 Å². The molecule has 4 nitrogen and oxygen atoms in total. The van der Waals surface area contributed by atoms with Gasteiger partial charge in [-0.3, -0.25) is 0 Å². The molecule has 118 valence electrons. The molecule has 1 N–H and O–H groups in total. The second-order valence-electron chi connectivity index (χ2n) is 6.39. The fourth-order valence-corrected chi connectivity index (χ4v) is 2.18. The van der Waals surface area contributed by atoms with E-state index in [0.717, 1.165) is 6.92 Å². The molecule has 1 heterocycles. The van der Waals surface area contributed by atoms with Gasteiger partial charge in [0.2, 0.25) is 0 Å². The maximum absolute atomic E-state index is 12.7. The van der Waals surface area contributed by atoms with Crippen LogP contribution in [0.3, 0.4) is 0 Å². The number of hydrogen-bond donors (Lipinski definition) is 1. The normalized spacial score (nSPS) is 21.5. The summed E-state index contributed by atoms with van der Waals surface area (Å²) in [7, 11) is 0. The Balaban J connectivity index is 2.58. The highest BCUT2D eigenvalue weighted by atomic mass is 19.4. The third-order valence-corrected chi connectivity index (χ3v) is 3.52. The Morgan fingerprint density at radius 3 is 1.95 bits per heavy atom. The molecule has 0 aromatic heterocycles. The summed E-state index contributed by atoms with van der Waals surface area (Å²) >= 11 is 0. The Labute approximate surface area is 116 Å². The highest BCUT2D eigenvalue weighted by Crippen LogP contribution is 2.40. The van der Waals surface area contributed by atoms with Gasteiger partial charge in [0.05, 0.1) is 0 Å². The standard InChI is InChI=1S/C13H22F3NO3/c1-11(2,3)20-10(18)17-7-5-9(6-8-17)12(4,19)13(14,15)16/h9,19H,5-8H2,1-4H3/t12-/m1/s1. The van der Waals surface area contributed by atoms with E-state index < -0.39 is 29.4 Å². The molecule has 0 aromatic rings. The lowest BCUT2D eigenvalue weighted by Crippen LogP contribution is -2.53. The van der Waals surface area contributed by atoms with Gasteiger partial charge in [0.15, 0.2) is 5.60 Å². The second-order valence-corrected chi connectivity index (χ2v) is 6.39. The number of aliphatic hydroxyl groups is 1. The fourth-order valence-electron chi connectivity index (χ4n) is 2.18. The average molecular weight is 297 g/mol. The van der Waals surface area contributed by atoms with E-state index in [9.17, 15) is 23.1 Å². The van der Waals surface area contributed by atoms with Crippen molar-refractivity contribution in [2.45, 2.75) is 57.9 Å². The van der Waals surface area contributed by atoms with Crippen LogP contribution >= 0.6 is 0 Å². The van der Waals surface area contributed by atoms with Crippen molar-refractivity contribution in [3.8, 4) is 0 Å². The molecular weight excluding hydrogens is 275 g/mol. The van der Waals surface area contributed by atoms with Gasteiger partial charge in [-0.15, -0.1) is 0 Å². The summed E-state index contributed by atoms with van der Waals surface area (Å²) in [5, 5.41) is 9.63. The number of nitrogens with zero attached hydrogens (tertiary/aromatic N) is 1. The highest BCUT2D eigenvalue weighted by molar-refractivity contribution is 5.68. The summed E-state index contributed by atoms with van der Waals surface area (Å²) in [4.78, 5) is 13.2. The van der Waals surface area contributed by atoms with Crippen molar-refractivity contribution in [2.75, 3.05) is 13.1 Å². The average Bonchev–Trinajstić information content (AvgIpc) is 2.25. The number of halogens is 3. The molecule has 1 rings (SSSR count). The lowest BCUT2D eigenvalue weighted by atomic mass is 9.81. The largest absolute Gasteiger partial charge is 0.444 e. The number of ether oxygens (including phenoxy) is 1. The van der Waals surface area contributed by atoms with E-state index in [2.05, 4.69) is 0 Å². The first-order valence-electron chi connectivity index (χ1n) is 6.61. The van der Waals surface area contributed by atoms with Crippen molar-refractivity contribution >= 4 is 6.09 Å². The Hall–Kier alpha value is -0.980. The van der Waals surface area contributed by atoms with Gasteiger partial charge in [-0.05, 0) is 46.5 Å². The maximum Gasteiger partial charge on any atom is 0.417 e. The molecular formula is C13H22F3NO3. The van der Waals surface area contributed by atoms with Gasteiger partial charge < -0.3 is 14.7 Å². The smallest absolute Gasteiger partial charge is 0.417 e. The van der Waals surface area contributed by atoms with E-state index in [1.807, 2.05) is 0 Å². The number of likely N-dealkylation sites (tertiary alicyclic amines) is 1. The predicted octanol–water partition coefficient (Wildman–Crippen LogP) is 2.95. The topological polar surface area (TPSA) is 49.8 Å². The van der Waals surface area contributed by atoms with Crippen molar-refractivity contribution < 1.29 is 27.8 Å². The number of piperidine rings is 1. The molecule has 7 heteroatoms. The van der Waals surface area contributed by atoms with Crippen LogP contribution in [0.25, 0.3) is 0 Å². The number of carbonyl (C=O) groups excluding carboxylic acids is 1. The molecule has 20 heavy (non-hydrogen) atoms. The number of rotatable bonds is 1. The summed E-state index contributed by atoms with van der Waals surface area (Å²) in [6, 6.07) is 0. The van der Waals surface area contributed by atoms with Gasteiger partial charge >= 0.3 is 12.3 Å². The zero-order valence-electron chi connectivity index (χ0n) is 12.3. The molecule has 1 atom stereocenters. The highest BCUT2D eigenvalue weighted by Gasteiger charge is 2.55. The minimum absolute atomic E-state index is 0.103. The molecule has 0 aromatic carbocycles. The van der Waals surface area contributed by atoms with Crippen molar-refractivity contribution in [1.82, 2.24) is 4.90 Å². The van der Waals surface area contributed by atoms with E-state index in [-0.39, 0.29) is 25.9 Å². The number of alkyl halides is 3. The van der Waals surface area contributed by atoms with Gasteiger partial charge in [0.1, 0.15) is 5.60 Å². The van der Waals surface area contributed by atoms with E-state index in [1.54, 1.807) is 20.8 Å². The quantitative estimate of drug-likeness (QED) is 0.809. The third kappa shape index (κ3) is 4.01. The molecule has 0 unspecified atom stereocenters. The molecule has 1 aliphatic heterocycles. The lowest BCUT2D eigenvalue weighted by molar-refractivity contribution is -0.275. The zero-order chi connectivity index (χ0) is 15.8. The molecule has 1 fully saturated rings.